The Labute approximate surface area is 179 Å². The summed E-state index contributed by atoms with van der Waals surface area (Å²) in [6.07, 6.45) is 1.98. The Hall–Kier alpha value is -3.60. The van der Waals surface area contributed by atoms with E-state index in [1.165, 1.54) is 37.8 Å². The van der Waals surface area contributed by atoms with Crippen LogP contribution < -0.4 is 5.43 Å². The Balaban J connectivity index is 1.94. The Kier molecular flexibility index (Phi) is 5.29. The Morgan fingerprint density at radius 2 is 1.84 bits per heavy atom. The summed E-state index contributed by atoms with van der Waals surface area (Å²) in [7, 11) is -3.84. The molecule has 0 amide bonds. The van der Waals surface area contributed by atoms with Gasteiger partial charge in [-0.25, -0.2) is 8.42 Å². The quantitative estimate of drug-likeness (QED) is 0.450. The Morgan fingerprint density at radius 3 is 2.50 bits per heavy atom. The van der Waals surface area contributed by atoms with Crippen LogP contribution >= 0.6 is 0 Å². The van der Waals surface area contributed by atoms with Crippen LogP contribution in [0.3, 0.4) is 0 Å². The summed E-state index contributed by atoms with van der Waals surface area (Å²) >= 11 is 0. The van der Waals surface area contributed by atoms with Gasteiger partial charge in [0.25, 0.3) is 0 Å². The third-order valence-electron chi connectivity index (χ3n) is 4.78. The molecule has 3 aromatic heterocycles. The molecule has 0 atom stereocenters. The number of halogens is 3. The zero-order valence-corrected chi connectivity index (χ0v) is 17.2. The molecule has 0 spiro atoms. The van der Waals surface area contributed by atoms with E-state index in [0.717, 1.165) is 24.5 Å². The number of nitrogens with zero attached hydrogens (tertiary/aromatic N) is 3. The van der Waals surface area contributed by atoms with Crippen LogP contribution in [0.5, 0.6) is 0 Å². The van der Waals surface area contributed by atoms with E-state index in [4.69, 9.17) is 4.42 Å². The van der Waals surface area contributed by atoms with Gasteiger partial charge in [-0.15, -0.1) is 0 Å². The maximum absolute atomic E-state index is 13.0. The van der Waals surface area contributed by atoms with Crippen LogP contribution in [0.1, 0.15) is 12.5 Å². The number of sulfone groups is 1. The van der Waals surface area contributed by atoms with Gasteiger partial charge in [-0.3, -0.25) is 19.7 Å². The van der Waals surface area contributed by atoms with Crippen molar-refractivity contribution >= 4 is 20.8 Å². The normalized spacial score (nSPS) is 12.2. The standard InChI is InChI=1S/C21H14F3N3O4S/c1-2-32(29,30)18-7-12(16-10-25-5-6-26-16)9-27-19(18)15-11-31-17-8-13(21(22,23)24)3-4-14(17)20(15)28/h3-11H,2H2,1H3. The van der Waals surface area contributed by atoms with Crippen molar-refractivity contribution in [2.45, 2.75) is 18.0 Å². The van der Waals surface area contributed by atoms with Gasteiger partial charge >= 0.3 is 6.18 Å². The fourth-order valence-electron chi connectivity index (χ4n) is 3.10. The van der Waals surface area contributed by atoms with Gasteiger partial charge in [0.05, 0.1) is 44.7 Å². The molecule has 1 aromatic carbocycles. The molecule has 0 bridgehead atoms. The molecular weight excluding hydrogens is 447 g/mol. The lowest BCUT2D eigenvalue weighted by molar-refractivity contribution is -0.137. The summed E-state index contributed by atoms with van der Waals surface area (Å²) in [6.45, 7) is 1.44. The smallest absolute Gasteiger partial charge is 0.416 e. The molecule has 3 heterocycles. The molecule has 0 unspecified atom stereocenters. The van der Waals surface area contributed by atoms with Crippen molar-refractivity contribution in [1.82, 2.24) is 15.0 Å². The fourth-order valence-corrected chi connectivity index (χ4v) is 4.17. The molecule has 0 radical (unpaired) electrons. The lowest BCUT2D eigenvalue weighted by atomic mass is 10.1. The molecule has 0 aliphatic carbocycles. The third-order valence-corrected chi connectivity index (χ3v) is 6.53. The van der Waals surface area contributed by atoms with Crippen molar-refractivity contribution in [2.24, 2.45) is 0 Å². The van der Waals surface area contributed by atoms with E-state index in [2.05, 4.69) is 15.0 Å². The molecule has 0 aliphatic rings. The number of pyridine rings is 1. The summed E-state index contributed by atoms with van der Waals surface area (Å²) < 4.78 is 69.7. The molecular formula is C21H14F3N3O4S. The van der Waals surface area contributed by atoms with Gasteiger partial charge in [0, 0.05) is 24.2 Å². The number of fused-ring (bicyclic) bond motifs is 1. The van der Waals surface area contributed by atoms with Crippen LogP contribution in [0, 0.1) is 0 Å². The van der Waals surface area contributed by atoms with Gasteiger partial charge in [0.15, 0.2) is 9.84 Å². The van der Waals surface area contributed by atoms with Crippen LogP contribution in [-0.2, 0) is 16.0 Å². The SMILES string of the molecule is CCS(=O)(=O)c1cc(-c2cnccn2)cnc1-c1coc2cc(C(F)(F)F)ccc2c1=O. The lowest BCUT2D eigenvalue weighted by Crippen LogP contribution is -2.12. The highest BCUT2D eigenvalue weighted by atomic mass is 32.2. The maximum Gasteiger partial charge on any atom is 0.416 e. The average molecular weight is 461 g/mol. The van der Waals surface area contributed by atoms with E-state index in [-0.39, 0.29) is 32.9 Å². The molecule has 0 saturated carbocycles. The second-order valence-corrected chi connectivity index (χ2v) is 9.00. The first kappa shape index (κ1) is 21.6. The van der Waals surface area contributed by atoms with Gasteiger partial charge in [0.2, 0.25) is 5.43 Å². The highest BCUT2D eigenvalue weighted by Crippen LogP contribution is 2.33. The summed E-state index contributed by atoms with van der Waals surface area (Å²) in [5.41, 5.74) is -1.54. The first-order chi connectivity index (χ1) is 15.1. The van der Waals surface area contributed by atoms with Crippen molar-refractivity contribution < 1.29 is 26.0 Å². The predicted octanol–water partition coefficient (Wildman–Crippen LogP) is 4.12. The summed E-state index contributed by atoms with van der Waals surface area (Å²) in [4.78, 5) is 25.0. The van der Waals surface area contributed by atoms with E-state index in [9.17, 15) is 26.4 Å². The minimum atomic E-state index is -4.61. The summed E-state index contributed by atoms with van der Waals surface area (Å²) in [6, 6.07) is 3.81. The number of hydrogen-bond donors (Lipinski definition) is 0. The largest absolute Gasteiger partial charge is 0.463 e. The van der Waals surface area contributed by atoms with Crippen molar-refractivity contribution in [1.29, 1.82) is 0 Å². The van der Waals surface area contributed by atoms with Gasteiger partial charge in [-0.1, -0.05) is 6.92 Å². The second-order valence-electron chi connectivity index (χ2n) is 6.75. The first-order valence-electron chi connectivity index (χ1n) is 9.24. The van der Waals surface area contributed by atoms with E-state index in [1.54, 1.807) is 0 Å². The minimum Gasteiger partial charge on any atom is -0.463 e. The van der Waals surface area contributed by atoms with E-state index in [0.29, 0.717) is 11.3 Å². The highest BCUT2D eigenvalue weighted by molar-refractivity contribution is 7.91. The van der Waals surface area contributed by atoms with Gasteiger partial charge in [-0.2, -0.15) is 13.2 Å². The van der Waals surface area contributed by atoms with Crippen LogP contribution in [-0.4, -0.2) is 29.1 Å². The number of benzene rings is 1. The fraction of sp³-hybridized carbons (Fsp3) is 0.143. The summed E-state index contributed by atoms with van der Waals surface area (Å²) in [5, 5.41) is -0.129. The molecule has 32 heavy (non-hydrogen) atoms. The molecule has 0 saturated heterocycles. The van der Waals surface area contributed by atoms with Gasteiger partial charge < -0.3 is 4.42 Å². The van der Waals surface area contributed by atoms with Gasteiger partial charge in [0.1, 0.15) is 11.8 Å². The monoisotopic (exact) mass is 461 g/mol. The minimum absolute atomic E-state index is 0.129. The lowest BCUT2D eigenvalue weighted by Gasteiger charge is -2.11. The Morgan fingerprint density at radius 1 is 1.06 bits per heavy atom. The molecule has 7 nitrogen and oxygen atoms in total. The topological polar surface area (TPSA) is 103 Å². The Bertz CT molecular complexity index is 1480. The van der Waals surface area contributed by atoms with Crippen molar-refractivity contribution in [2.75, 3.05) is 5.75 Å². The summed E-state index contributed by atoms with van der Waals surface area (Å²) in [5.74, 6) is -0.264. The van der Waals surface area contributed by atoms with E-state index < -0.39 is 27.0 Å². The van der Waals surface area contributed by atoms with Crippen LogP contribution in [0.4, 0.5) is 13.2 Å². The molecule has 164 valence electrons. The average Bonchev–Trinajstić information content (AvgIpc) is 2.79. The van der Waals surface area contributed by atoms with Crippen molar-refractivity contribution in [3.8, 4) is 22.5 Å². The van der Waals surface area contributed by atoms with Crippen LogP contribution in [0.25, 0.3) is 33.5 Å². The van der Waals surface area contributed by atoms with Crippen LogP contribution in [0.2, 0.25) is 0 Å². The molecule has 0 fully saturated rings. The molecule has 4 aromatic rings. The third kappa shape index (κ3) is 3.86. The highest BCUT2D eigenvalue weighted by Gasteiger charge is 2.31. The van der Waals surface area contributed by atoms with Crippen LogP contribution in [0.15, 0.2) is 69.4 Å². The number of rotatable bonds is 4. The zero-order chi connectivity index (χ0) is 23.1. The number of aromatic nitrogens is 3. The van der Waals surface area contributed by atoms with Crippen molar-refractivity contribution in [3.63, 3.8) is 0 Å². The predicted molar refractivity (Wildman–Crippen MR) is 109 cm³/mol. The number of alkyl halides is 3. The second kappa shape index (κ2) is 7.83. The molecule has 4 rings (SSSR count). The first-order valence-corrected chi connectivity index (χ1v) is 10.9. The molecule has 11 heteroatoms. The number of hydrogen-bond acceptors (Lipinski definition) is 7. The molecule has 0 aliphatic heterocycles. The van der Waals surface area contributed by atoms with Crippen molar-refractivity contribution in [3.05, 3.63) is 71.1 Å². The van der Waals surface area contributed by atoms with E-state index in [1.807, 2.05) is 0 Å². The van der Waals surface area contributed by atoms with Gasteiger partial charge in [-0.05, 0) is 24.3 Å². The van der Waals surface area contributed by atoms with E-state index >= 15 is 0 Å². The zero-order valence-electron chi connectivity index (χ0n) is 16.4. The molecule has 0 N–H and O–H groups in total. The maximum atomic E-state index is 13.0.